The molecule has 182 valence electrons. The molecule has 2 aromatic carbocycles. The highest BCUT2D eigenvalue weighted by Crippen LogP contribution is 2.27. The third kappa shape index (κ3) is 3.92. The van der Waals surface area contributed by atoms with Gasteiger partial charge in [0.1, 0.15) is 24.3 Å². The highest BCUT2D eigenvalue weighted by Gasteiger charge is 2.22. The zero-order valence-electron chi connectivity index (χ0n) is 20.1. The van der Waals surface area contributed by atoms with E-state index in [1.54, 1.807) is 12.7 Å². The van der Waals surface area contributed by atoms with Crippen LogP contribution in [0.5, 0.6) is 0 Å². The van der Waals surface area contributed by atoms with Crippen molar-refractivity contribution in [1.29, 1.82) is 0 Å². The summed E-state index contributed by atoms with van der Waals surface area (Å²) in [6.45, 7) is 3.40. The minimum absolute atomic E-state index is 0.600. The van der Waals surface area contributed by atoms with Crippen LogP contribution in [-0.2, 0) is 0 Å². The second kappa shape index (κ2) is 8.98. The Labute approximate surface area is 212 Å². The van der Waals surface area contributed by atoms with Crippen molar-refractivity contribution < 1.29 is 0 Å². The lowest BCUT2D eigenvalue weighted by molar-refractivity contribution is 0.768. The Hall–Kier alpha value is -4.86. The van der Waals surface area contributed by atoms with Gasteiger partial charge in [-0.1, -0.05) is 60.7 Å². The zero-order valence-corrected chi connectivity index (χ0v) is 20.1. The van der Waals surface area contributed by atoms with Crippen molar-refractivity contribution in [2.45, 2.75) is 6.42 Å². The zero-order chi connectivity index (χ0) is 24.6. The van der Waals surface area contributed by atoms with Crippen LogP contribution in [0.2, 0.25) is 0 Å². The van der Waals surface area contributed by atoms with Crippen molar-refractivity contribution >= 4 is 23.2 Å². The van der Waals surface area contributed by atoms with Crippen molar-refractivity contribution in [3.8, 4) is 22.5 Å². The first-order valence-electron chi connectivity index (χ1n) is 12.4. The summed E-state index contributed by atoms with van der Waals surface area (Å²) in [5.41, 5.74) is 3.90. The van der Waals surface area contributed by atoms with Crippen molar-refractivity contribution in [2.24, 2.45) is 0 Å². The van der Waals surface area contributed by atoms with Crippen molar-refractivity contribution in [3.63, 3.8) is 0 Å². The van der Waals surface area contributed by atoms with E-state index in [9.17, 15) is 0 Å². The Morgan fingerprint density at radius 3 is 1.46 bits per heavy atom. The van der Waals surface area contributed by atoms with Crippen LogP contribution in [0, 0.1) is 0 Å². The van der Waals surface area contributed by atoms with Crippen LogP contribution in [-0.4, -0.2) is 65.3 Å². The Morgan fingerprint density at radius 1 is 0.541 bits per heavy atom. The van der Waals surface area contributed by atoms with E-state index in [4.69, 9.17) is 9.97 Å². The quantitative estimate of drug-likeness (QED) is 0.372. The highest BCUT2D eigenvalue weighted by atomic mass is 15.4. The lowest BCUT2D eigenvalue weighted by Gasteiger charge is -2.25. The minimum atomic E-state index is 0.600. The molecule has 37 heavy (non-hydrogen) atoms. The number of hydrogen-bond donors (Lipinski definition) is 0. The predicted molar refractivity (Wildman–Crippen MR) is 141 cm³/mol. The van der Waals surface area contributed by atoms with Crippen LogP contribution in [0.25, 0.3) is 34.1 Å². The van der Waals surface area contributed by atoms with Gasteiger partial charge in [-0.05, 0) is 6.42 Å². The molecule has 0 amide bonds. The number of anilines is 2. The Bertz CT molecular complexity index is 1550. The monoisotopic (exact) mass is 488 g/mol. The van der Waals surface area contributed by atoms with E-state index >= 15 is 0 Å². The summed E-state index contributed by atoms with van der Waals surface area (Å²) in [6.07, 6.45) is 4.10. The summed E-state index contributed by atoms with van der Waals surface area (Å²) in [5.74, 6) is 3.19. The van der Waals surface area contributed by atoms with E-state index in [2.05, 4.69) is 66.4 Å². The second-order valence-corrected chi connectivity index (χ2v) is 9.00. The molecule has 10 heteroatoms. The first-order chi connectivity index (χ1) is 18.3. The van der Waals surface area contributed by atoms with Gasteiger partial charge in [-0.25, -0.2) is 9.97 Å². The Morgan fingerprint density at radius 2 is 1.00 bits per heavy atom. The fourth-order valence-electron chi connectivity index (χ4n) is 4.93. The van der Waals surface area contributed by atoms with Gasteiger partial charge in [0.05, 0.1) is 11.4 Å². The fourth-order valence-corrected chi connectivity index (χ4v) is 4.93. The topological polar surface area (TPSA) is 92.6 Å². The van der Waals surface area contributed by atoms with Gasteiger partial charge in [0.2, 0.25) is 0 Å². The lowest BCUT2D eigenvalue weighted by Crippen LogP contribution is -2.33. The molecule has 0 saturated carbocycles. The SMILES string of the molecule is c1ccc(-c2cc(N3CCCN(c4cc(-c5ccccc5)nc5ncnn45)CC3)n3ncnc3n2)cc1. The van der Waals surface area contributed by atoms with Gasteiger partial charge in [-0.3, -0.25) is 0 Å². The summed E-state index contributed by atoms with van der Waals surface area (Å²) in [6, 6.07) is 24.6. The third-order valence-electron chi connectivity index (χ3n) is 6.75. The van der Waals surface area contributed by atoms with Crippen LogP contribution in [0.4, 0.5) is 11.6 Å². The molecule has 0 radical (unpaired) electrons. The molecule has 0 spiro atoms. The maximum Gasteiger partial charge on any atom is 0.254 e. The normalized spacial score (nSPS) is 14.4. The number of nitrogens with zero attached hydrogens (tertiary/aromatic N) is 10. The first kappa shape index (κ1) is 21.4. The van der Waals surface area contributed by atoms with Gasteiger partial charge in [0.15, 0.2) is 0 Å². The number of benzene rings is 2. The van der Waals surface area contributed by atoms with Crippen molar-refractivity contribution in [2.75, 3.05) is 36.0 Å². The molecule has 1 fully saturated rings. The molecule has 10 nitrogen and oxygen atoms in total. The molecular formula is C27H24N10. The molecule has 1 aliphatic rings. The average Bonchev–Trinajstić information content (AvgIpc) is 3.57. The van der Waals surface area contributed by atoms with Crippen LogP contribution >= 0.6 is 0 Å². The van der Waals surface area contributed by atoms with Crippen LogP contribution in [0.3, 0.4) is 0 Å². The van der Waals surface area contributed by atoms with Gasteiger partial charge in [-0.2, -0.15) is 29.2 Å². The van der Waals surface area contributed by atoms with Crippen LogP contribution in [0.1, 0.15) is 6.42 Å². The summed E-state index contributed by atoms with van der Waals surface area (Å²) in [5, 5.41) is 8.95. The largest absolute Gasteiger partial charge is 0.355 e. The van der Waals surface area contributed by atoms with Gasteiger partial charge >= 0.3 is 0 Å². The molecule has 0 atom stereocenters. The molecule has 0 bridgehead atoms. The molecule has 6 aromatic rings. The molecule has 1 saturated heterocycles. The van der Waals surface area contributed by atoms with Gasteiger partial charge in [0.25, 0.3) is 11.6 Å². The molecule has 0 N–H and O–H groups in total. The molecule has 5 heterocycles. The van der Waals surface area contributed by atoms with Crippen molar-refractivity contribution in [1.82, 2.24) is 39.2 Å². The standard InChI is InChI=1S/C27H24N10/c1-3-8-20(9-4-1)22-16-24(36-26(32-22)28-18-30-36)34-12-7-13-35(15-14-34)25-17-23(21-10-5-2-6-11-21)33-27-29-19-31-37(25)27/h1-6,8-11,16-19H,7,12-15H2. The lowest BCUT2D eigenvalue weighted by atomic mass is 10.1. The molecule has 1 aliphatic heterocycles. The first-order valence-corrected chi connectivity index (χ1v) is 12.4. The summed E-state index contributed by atoms with van der Waals surface area (Å²) >= 11 is 0. The number of rotatable bonds is 4. The second-order valence-electron chi connectivity index (χ2n) is 9.00. The van der Waals surface area contributed by atoms with Crippen LogP contribution in [0.15, 0.2) is 85.5 Å². The summed E-state index contributed by atoms with van der Waals surface area (Å²) < 4.78 is 3.66. The fraction of sp³-hybridized carbons (Fsp3) is 0.185. The molecule has 7 rings (SSSR count). The molecular weight excluding hydrogens is 464 g/mol. The smallest absolute Gasteiger partial charge is 0.254 e. The van der Waals surface area contributed by atoms with E-state index in [1.165, 1.54) is 0 Å². The molecule has 0 unspecified atom stereocenters. The molecule has 0 aliphatic carbocycles. The maximum absolute atomic E-state index is 4.74. The minimum Gasteiger partial charge on any atom is -0.355 e. The Balaban J connectivity index is 1.23. The number of hydrogen-bond acceptors (Lipinski definition) is 8. The maximum atomic E-state index is 4.74. The van der Waals surface area contributed by atoms with Crippen molar-refractivity contribution in [3.05, 3.63) is 85.5 Å². The van der Waals surface area contributed by atoms with E-state index < -0.39 is 0 Å². The van der Waals surface area contributed by atoms with E-state index in [0.717, 1.165) is 66.8 Å². The summed E-state index contributed by atoms with van der Waals surface area (Å²) in [7, 11) is 0. The average molecular weight is 489 g/mol. The van der Waals surface area contributed by atoms with E-state index in [1.807, 2.05) is 45.4 Å². The van der Waals surface area contributed by atoms with E-state index in [0.29, 0.717) is 11.6 Å². The van der Waals surface area contributed by atoms with Crippen LogP contribution < -0.4 is 9.80 Å². The number of fused-ring (bicyclic) bond motifs is 2. The predicted octanol–water partition coefficient (Wildman–Crippen LogP) is 3.61. The Kier molecular flexibility index (Phi) is 5.20. The summed E-state index contributed by atoms with van der Waals surface area (Å²) in [4.78, 5) is 23.0. The third-order valence-corrected chi connectivity index (χ3v) is 6.75. The highest BCUT2D eigenvalue weighted by molar-refractivity contribution is 5.67. The van der Waals surface area contributed by atoms with E-state index in [-0.39, 0.29) is 0 Å². The van der Waals surface area contributed by atoms with Gasteiger partial charge < -0.3 is 9.80 Å². The number of aromatic nitrogens is 8. The van der Waals surface area contributed by atoms with Gasteiger partial charge in [0, 0.05) is 49.4 Å². The molecule has 4 aromatic heterocycles. The van der Waals surface area contributed by atoms with Gasteiger partial charge in [-0.15, -0.1) is 0 Å².